The van der Waals surface area contributed by atoms with E-state index in [4.69, 9.17) is 0 Å². The number of hydrogen-bond acceptors (Lipinski definition) is 3. The van der Waals surface area contributed by atoms with Gasteiger partial charge in [-0.3, -0.25) is 9.59 Å². The average Bonchev–Trinajstić information content (AvgIpc) is 2.23. The zero-order valence-electron chi connectivity index (χ0n) is 10.2. The van der Waals surface area contributed by atoms with Gasteiger partial charge in [0.05, 0.1) is 12.6 Å². The molecule has 0 spiro atoms. The number of carbonyl (C=O) groups excluding carboxylic acids is 2. The smallest absolute Gasteiger partial charge is 0.241 e. The van der Waals surface area contributed by atoms with Crippen LogP contribution in [0, 0.1) is 0 Å². The summed E-state index contributed by atoms with van der Waals surface area (Å²) in [4.78, 5) is 26.2. The predicted octanol–water partition coefficient (Wildman–Crippen LogP) is -0.469. The summed E-state index contributed by atoms with van der Waals surface area (Å²) < 4.78 is 0. The number of amides is 2. The maximum absolute atomic E-state index is 11.8. The molecule has 0 bridgehead atoms. The van der Waals surface area contributed by atoms with Crippen molar-refractivity contribution in [3.63, 3.8) is 0 Å². The molecule has 88 valence electrons. The van der Waals surface area contributed by atoms with Crippen molar-refractivity contribution >= 4 is 11.8 Å². The monoisotopic (exact) mass is 215 g/mol. The van der Waals surface area contributed by atoms with Crippen molar-refractivity contribution in [2.45, 2.75) is 19.9 Å². The molecule has 0 heterocycles. The highest BCUT2D eigenvalue weighted by Gasteiger charge is 2.20. The van der Waals surface area contributed by atoms with Crippen LogP contribution in [0.4, 0.5) is 0 Å². The summed E-state index contributed by atoms with van der Waals surface area (Å²) in [7, 11) is 5.09. The van der Waals surface area contributed by atoms with Gasteiger partial charge in [-0.15, -0.1) is 0 Å². The third kappa shape index (κ3) is 4.29. The van der Waals surface area contributed by atoms with Gasteiger partial charge in [-0.1, -0.05) is 0 Å². The van der Waals surface area contributed by atoms with Gasteiger partial charge in [0.1, 0.15) is 0 Å². The molecule has 1 N–H and O–H groups in total. The molecule has 0 saturated carbocycles. The molecule has 0 aromatic carbocycles. The third-order valence-electron chi connectivity index (χ3n) is 2.32. The molecule has 15 heavy (non-hydrogen) atoms. The molecule has 5 heteroatoms. The summed E-state index contributed by atoms with van der Waals surface area (Å²) in [5, 5.41) is 2.87. The van der Waals surface area contributed by atoms with Gasteiger partial charge < -0.3 is 15.1 Å². The van der Waals surface area contributed by atoms with E-state index in [0.29, 0.717) is 6.54 Å². The molecule has 5 nitrogen and oxygen atoms in total. The molecule has 0 aromatic heterocycles. The van der Waals surface area contributed by atoms with Crippen LogP contribution in [0.25, 0.3) is 0 Å². The molecule has 0 radical (unpaired) electrons. The van der Waals surface area contributed by atoms with Gasteiger partial charge >= 0.3 is 0 Å². The molecule has 2 amide bonds. The maximum atomic E-state index is 11.8. The summed E-state index contributed by atoms with van der Waals surface area (Å²) in [5.74, 6) is -0.108. The van der Waals surface area contributed by atoms with Crippen LogP contribution in [0.15, 0.2) is 0 Å². The highest BCUT2D eigenvalue weighted by Crippen LogP contribution is 1.96. The molecule has 0 rings (SSSR count). The second-order valence-corrected chi connectivity index (χ2v) is 3.65. The van der Waals surface area contributed by atoms with Crippen LogP contribution in [0.1, 0.15) is 13.8 Å². The SMILES string of the molecule is CCN(CC(=O)N(C)C)C(=O)C(C)NC. The van der Waals surface area contributed by atoms with Gasteiger partial charge in [0, 0.05) is 20.6 Å². The second-order valence-electron chi connectivity index (χ2n) is 3.65. The highest BCUT2D eigenvalue weighted by atomic mass is 16.2. The zero-order valence-corrected chi connectivity index (χ0v) is 10.2. The van der Waals surface area contributed by atoms with Crippen LogP contribution in [-0.4, -0.2) is 61.9 Å². The lowest BCUT2D eigenvalue weighted by molar-refractivity contribution is -0.140. The first-order valence-corrected chi connectivity index (χ1v) is 5.10. The van der Waals surface area contributed by atoms with Gasteiger partial charge in [-0.2, -0.15) is 0 Å². The highest BCUT2D eigenvalue weighted by molar-refractivity contribution is 5.87. The number of hydrogen-bond donors (Lipinski definition) is 1. The Morgan fingerprint density at radius 2 is 1.87 bits per heavy atom. The van der Waals surface area contributed by atoms with Gasteiger partial charge in [-0.05, 0) is 20.9 Å². The first kappa shape index (κ1) is 13.9. The number of likely N-dealkylation sites (N-methyl/N-ethyl adjacent to an activating group) is 3. The van der Waals surface area contributed by atoms with Crippen LogP contribution in [0.2, 0.25) is 0 Å². The molecular formula is C10H21N3O2. The lowest BCUT2D eigenvalue weighted by Crippen LogP contribution is -2.47. The minimum atomic E-state index is -0.250. The summed E-state index contributed by atoms with van der Waals surface area (Å²) in [6, 6.07) is -0.250. The average molecular weight is 215 g/mol. The van der Waals surface area contributed by atoms with Gasteiger partial charge in [0.2, 0.25) is 11.8 Å². The predicted molar refractivity (Wildman–Crippen MR) is 59.5 cm³/mol. The van der Waals surface area contributed by atoms with Crippen molar-refractivity contribution in [1.29, 1.82) is 0 Å². The van der Waals surface area contributed by atoms with Crippen molar-refractivity contribution in [3.05, 3.63) is 0 Å². The van der Waals surface area contributed by atoms with Crippen molar-refractivity contribution in [2.24, 2.45) is 0 Å². The molecule has 0 aromatic rings. The van der Waals surface area contributed by atoms with Crippen molar-refractivity contribution in [2.75, 3.05) is 34.2 Å². The van der Waals surface area contributed by atoms with Crippen LogP contribution in [0.3, 0.4) is 0 Å². The Kier molecular flexibility index (Phi) is 5.93. The van der Waals surface area contributed by atoms with Crippen molar-refractivity contribution in [1.82, 2.24) is 15.1 Å². The van der Waals surface area contributed by atoms with Crippen molar-refractivity contribution in [3.8, 4) is 0 Å². The van der Waals surface area contributed by atoms with E-state index >= 15 is 0 Å². The Balaban J connectivity index is 4.37. The fraction of sp³-hybridized carbons (Fsp3) is 0.800. The van der Waals surface area contributed by atoms with E-state index in [1.165, 1.54) is 4.90 Å². The summed E-state index contributed by atoms with van der Waals surface area (Å²) >= 11 is 0. The molecule has 0 fully saturated rings. The molecule has 0 aliphatic heterocycles. The van der Waals surface area contributed by atoms with Crippen LogP contribution >= 0.6 is 0 Å². The quantitative estimate of drug-likeness (QED) is 0.674. The van der Waals surface area contributed by atoms with Crippen LogP contribution < -0.4 is 5.32 Å². The lowest BCUT2D eigenvalue weighted by Gasteiger charge is -2.24. The summed E-state index contributed by atoms with van der Waals surface area (Å²) in [6.07, 6.45) is 0. The molecule has 1 unspecified atom stereocenters. The number of nitrogens with one attached hydrogen (secondary N) is 1. The Morgan fingerprint density at radius 3 is 2.20 bits per heavy atom. The summed E-state index contributed by atoms with van der Waals surface area (Å²) in [6.45, 7) is 4.34. The van der Waals surface area contributed by atoms with Crippen LogP contribution in [0.5, 0.6) is 0 Å². The Morgan fingerprint density at radius 1 is 1.33 bits per heavy atom. The third-order valence-corrected chi connectivity index (χ3v) is 2.32. The number of carbonyl (C=O) groups is 2. The fourth-order valence-corrected chi connectivity index (χ4v) is 1.05. The van der Waals surface area contributed by atoms with E-state index in [1.807, 2.05) is 6.92 Å². The normalized spacial score (nSPS) is 12.1. The Hall–Kier alpha value is -1.10. The second kappa shape index (κ2) is 6.40. The first-order valence-electron chi connectivity index (χ1n) is 5.10. The number of rotatable bonds is 5. The van der Waals surface area contributed by atoms with E-state index in [9.17, 15) is 9.59 Å². The van der Waals surface area contributed by atoms with Gasteiger partial charge in [-0.25, -0.2) is 0 Å². The first-order chi connectivity index (χ1) is 6.93. The largest absolute Gasteiger partial charge is 0.347 e. The zero-order chi connectivity index (χ0) is 12.0. The topological polar surface area (TPSA) is 52.7 Å². The van der Waals surface area contributed by atoms with E-state index in [0.717, 1.165) is 0 Å². The Labute approximate surface area is 91.4 Å². The molecule has 0 aliphatic carbocycles. The minimum absolute atomic E-state index is 0.0461. The van der Waals surface area contributed by atoms with E-state index in [-0.39, 0.29) is 24.4 Å². The summed E-state index contributed by atoms with van der Waals surface area (Å²) in [5.41, 5.74) is 0. The van der Waals surface area contributed by atoms with Gasteiger partial charge in [0.15, 0.2) is 0 Å². The van der Waals surface area contributed by atoms with Crippen molar-refractivity contribution < 1.29 is 9.59 Å². The fourth-order valence-electron chi connectivity index (χ4n) is 1.05. The van der Waals surface area contributed by atoms with E-state index in [2.05, 4.69) is 5.32 Å². The van der Waals surface area contributed by atoms with Gasteiger partial charge in [0.25, 0.3) is 0 Å². The Bertz CT molecular complexity index is 229. The van der Waals surface area contributed by atoms with E-state index < -0.39 is 0 Å². The standard InChI is InChI=1S/C10H21N3O2/c1-6-13(7-9(14)12(4)5)10(15)8(2)11-3/h8,11H,6-7H2,1-5H3. The minimum Gasteiger partial charge on any atom is -0.347 e. The maximum Gasteiger partial charge on any atom is 0.241 e. The molecule has 1 atom stereocenters. The molecule has 0 aliphatic rings. The molecule has 0 saturated heterocycles. The van der Waals surface area contributed by atoms with E-state index in [1.54, 1.807) is 33.0 Å². The number of nitrogens with zero attached hydrogens (tertiary/aromatic N) is 2. The molecular weight excluding hydrogens is 194 g/mol. The lowest BCUT2D eigenvalue weighted by atomic mass is 10.3. The van der Waals surface area contributed by atoms with Crippen LogP contribution in [-0.2, 0) is 9.59 Å².